The van der Waals surface area contributed by atoms with Crippen molar-refractivity contribution in [3.05, 3.63) is 60.2 Å². The van der Waals surface area contributed by atoms with Crippen molar-refractivity contribution in [2.75, 3.05) is 13.7 Å². The van der Waals surface area contributed by atoms with E-state index in [0.29, 0.717) is 12.0 Å². The maximum absolute atomic E-state index is 12.1. The van der Waals surface area contributed by atoms with Crippen LogP contribution in [0, 0.1) is 0 Å². The number of aliphatic hydroxyl groups is 1. The lowest BCUT2D eigenvalue weighted by Gasteiger charge is -2.14. The molecule has 0 radical (unpaired) electrons. The average Bonchev–Trinajstić information content (AvgIpc) is 3.00. The molecule has 0 unspecified atom stereocenters. The van der Waals surface area contributed by atoms with Crippen molar-refractivity contribution in [1.29, 1.82) is 0 Å². The van der Waals surface area contributed by atoms with E-state index in [4.69, 9.17) is 14.2 Å². The molecule has 1 N–H and O–H groups in total. The van der Waals surface area contributed by atoms with Crippen molar-refractivity contribution >= 4 is 5.97 Å². The summed E-state index contributed by atoms with van der Waals surface area (Å²) in [7, 11) is 1.51. The van der Waals surface area contributed by atoms with Crippen LogP contribution < -0.4 is 0 Å². The van der Waals surface area contributed by atoms with Crippen LogP contribution in [0.4, 0.5) is 0 Å². The number of carbonyl (C=O) groups is 1. The van der Waals surface area contributed by atoms with Crippen LogP contribution in [0.5, 0.6) is 0 Å². The molecule has 0 aliphatic carbocycles. The van der Waals surface area contributed by atoms with Gasteiger partial charge in [-0.15, -0.1) is 0 Å². The van der Waals surface area contributed by atoms with Gasteiger partial charge in [-0.1, -0.05) is 42.5 Å². The van der Waals surface area contributed by atoms with Crippen LogP contribution in [-0.2, 0) is 14.2 Å². The molecule has 1 fully saturated rings. The highest BCUT2D eigenvalue weighted by molar-refractivity contribution is 5.90. The normalized spacial score (nSPS) is 23.2. The van der Waals surface area contributed by atoms with Gasteiger partial charge in [-0.25, -0.2) is 4.79 Å². The number of rotatable bonds is 5. The molecule has 24 heavy (non-hydrogen) atoms. The van der Waals surface area contributed by atoms with Gasteiger partial charge in [0.1, 0.15) is 12.7 Å². The Labute approximate surface area is 140 Å². The van der Waals surface area contributed by atoms with Crippen LogP contribution in [0.15, 0.2) is 54.6 Å². The number of hydrogen-bond acceptors (Lipinski definition) is 5. The zero-order chi connectivity index (χ0) is 16.9. The average molecular weight is 328 g/mol. The third-order valence-electron chi connectivity index (χ3n) is 4.06. The molecular weight excluding hydrogens is 308 g/mol. The summed E-state index contributed by atoms with van der Waals surface area (Å²) in [4.78, 5) is 12.1. The Hall–Kier alpha value is -2.21. The van der Waals surface area contributed by atoms with Gasteiger partial charge in [-0.05, 0) is 23.3 Å². The second-order valence-corrected chi connectivity index (χ2v) is 5.68. The fraction of sp³-hybridized carbons (Fsp3) is 0.316. The topological polar surface area (TPSA) is 65.0 Å². The maximum atomic E-state index is 12.1. The number of methoxy groups -OCH3 is 1. The zero-order valence-corrected chi connectivity index (χ0v) is 13.4. The van der Waals surface area contributed by atoms with E-state index in [-0.39, 0.29) is 6.61 Å². The lowest BCUT2D eigenvalue weighted by Crippen LogP contribution is -2.28. The number of esters is 1. The molecule has 0 spiro atoms. The number of carbonyl (C=O) groups excluding carboxylic acids is 1. The van der Waals surface area contributed by atoms with Gasteiger partial charge >= 0.3 is 5.97 Å². The molecule has 1 heterocycles. The summed E-state index contributed by atoms with van der Waals surface area (Å²) < 4.78 is 15.7. The van der Waals surface area contributed by atoms with Crippen molar-refractivity contribution in [1.82, 2.24) is 0 Å². The number of benzene rings is 2. The van der Waals surface area contributed by atoms with E-state index < -0.39 is 24.5 Å². The molecule has 0 saturated carbocycles. The van der Waals surface area contributed by atoms with Gasteiger partial charge in [0, 0.05) is 13.5 Å². The molecule has 1 aliphatic rings. The highest BCUT2D eigenvalue weighted by atomic mass is 16.7. The van der Waals surface area contributed by atoms with Crippen LogP contribution in [0.1, 0.15) is 16.8 Å². The Kier molecular flexibility index (Phi) is 5.25. The van der Waals surface area contributed by atoms with Gasteiger partial charge < -0.3 is 19.3 Å². The zero-order valence-electron chi connectivity index (χ0n) is 13.4. The lowest BCUT2D eigenvalue weighted by atomic mass is 10.0. The highest BCUT2D eigenvalue weighted by Gasteiger charge is 2.34. The molecular formula is C19H20O5. The Bertz CT molecular complexity index is 668. The van der Waals surface area contributed by atoms with E-state index in [2.05, 4.69) is 0 Å². The standard InChI is InChI=1S/C19H20O5/c1-22-18-11-16(20)17(24-18)12-23-19(21)15-9-7-14(8-10-15)13-5-3-2-4-6-13/h2-10,16-18,20H,11-12H2,1H3/t16-,17-,18+/m1/s1. The van der Waals surface area contributed by atoms with E-state index in [1.165, 1.54) is 7.11 Å². The predicted molar refractivity (Wildman–Crippen MR) is 88.5 cm³/mol. The van der Waals surface area contributed by atoms with Gasteiger partial charge in [0.2, 0.25) is 0 Å². The van der Waals surface area contributed by atoms with Crippen molar-refractivity contribution < 1.29 is 24.1 Å². The number of hydrogen-bond donors (Lipinski definition) is 1. The van der Waals surface area contributed by atoms with Crippen LogP contribution in [-0.4, -0.2) is 43.3 Å². The minimum absolute atomic E-state index is 0.000294. The van der Waals surface area contributed by atoms with Crippen LogP contribution in [0.3, 0.4) is 0 Å². The first-order valence-corrected chi connectivity index (χ1v) is 7.86. The van der Waals surface area contributed by atoms with E-state index in [1.807, 2.05) is 42.5 Å². The molecule has 2 aromatic carbocycles. The second-order valence-electron chi connectivity index (χ2n) is 5.68. The Morgan fingerprint density at radius 2 is 1.79 bits per heavy atom. The third kappa shape index (κ3) is 3.82. The van der Waals surface area contributed by atoms with E-state index in [1.54, 1.807) is 12.1 Å². The van der Waals surface area contributed by atoms with E-state index in [0.717, 1.165) is 11.1 Å². The molecule has 0 aromatic heterocycles. The van der Waals surface area contributed by atoms with Crippen LogP contribution in [0.25, 0.3) is 11.1 Å². The Morgan fingerprint density at radius 1 is 1.12 bits per heavy atom. The molecule has 5 nitrogen and oxygen atoms in total. The molecule has 2 aromatic rings. The molecule has 126 valence electrons. The van der Waals surface area contributed by atoms with Crippen LogP contribution >= 0.6 is 0 Å². The Balaban J connectivity index is 1.58. The molecule has 5 heteroatoms. The summed E-state index contributed by atoms with van der Waals surface area (Å²) in [5.41, 5.74) is 2.58. The first-order chi connectivity index (χ1) is 11.7. The third-order valence-corrected chi connectivity index (χ3v) is 4.06. The van der Waals surface area contributed by atoms with E-state index >= 15 is 0 Å². The van der Waals surface area contributed by atoms with Crippen molar-refractivity contribution in [3.8, 4) is 11.1 Å². The molecule has 3 rings (SSSR count). The van der Waals surface area contributed by atoms with Crippen molar-refractivity contribution in [3.63, 3.8) is 0 Å². The summed E-state index contributed by atoms with van der Waals surface area (Å²) >= 11 is 0. The second kappa shape index (κ2) is 7.57. The lowest BCUT2D eigenvalue weighted by molar-refractivity contribution is -0.128. The minimum Gasteiger partial charge on any atom is -0.459 e. The van der Waals surface area contributed by atoms with Gasteiger partial charge in [0.05, 0.1) is 11.7 Å². The summed E-state index contributed by atoms with van der Waals surface area (Å²) in [5, 5.41) is 9.84. The largest absolute Gasteiger partial charge is 0.459 e. The molecule has 1 saturated heterocycles. The molecule has 3 atom stereocenters. The quantitative estimate of drug-likeness (QED) is 0.855. The van der Waals surface area contributed by atoms with Gasteiger partial charge in [-0.3, -0.25) is 0 Å². The minimum atomic E-state index is -0.691. The Morgan fingerprint density at radius 3 is 2.42 bits per heavy atom. The van der Waals surface area contributed by atoms with E-state index in [9.17, 15) is 9.90 Å². The summed E-state index contributed by atoms with van der Waals surface area (Å²) in [5.74, 6) is -0.439. The highest BCUT2D eigenvalue weighted by Crippen LogP contribution is 2.22. The van der Waals surface area contributed by atoms with Crippen molar-refractivity contribution in [2.45, 2.75) is 24.9 Å². The first-order valence-electron chi connectivity index (χ1n) is 7.86. The first kappa shape index (κ1) is 16.6. The predicted octanol–water partition coefficient (Wildman–Crippen LogP) is 2.63. The number of ether oxygens (including phenoxy) is 3. The number of aliphatic hydroxyl groups excluding tert-OH is 1. The van der Waals surface area contributed by atoms with Crippen molar-refractivity contribution in [2.24, 2.45) is 0 Å². The van der Waals surface area contributed by atoms with Gasteiger partial charge in [0.15, 0.2) is 6.29 Å². The summed E-state index contributed by atoms with van der Waals surface area (Å²) in [6.07, 6.45) is -1.32. The van der Waals surface area contributed by atoms with Gasteiger partial charge in [-0.2, -0.15) is 0 Å². The van der Waals surface area contributed by atoms with Gasteiger partial charge in [0.25, 0.3) is 0 Å². The molecule has 1 aliphatic heterocycles. The fourth-order valence-corrected chi connectivity index (χ4v) is 2.66. The SMILES string of the molecule is CO[C@@H]1C[C@@H](O)[C@@H](COC(=O)c2ccc(-c3ccccc3)cc2)O1. The fourth-order valence-electron chi connectivity index (χ4n) is 2.66. The maximum Gasteiger partial charge on any atom is 0.338 e. The monoisotopic (exact) mass is 328 g/mol. The molecule has 0 bridgehead atoms. The summed E-state index contributed by atoms with van der Waals surface area (Å²) in [6.45, 7) is 0.000294. The smallest absolute Gasteiger partial charge is 0.338 e. The summed E-state index contributed by atoms with van der Waals surface area (Å²) in [6, 6.07) is 17.2. The van der Waals surface area contributed by atoms with Crippen LogP contribution in [0.2, 0.25) is 0 Å². The molecule has 0 amide bonds.